The van der Waals surface area contributed by atoms with Crippen molar-refractivity contribution in [2.45, 2.75) is 27.2 Å². The van der Waals surface area contributed by atoms with Gasteiger partial charge in [0.2, 0.25) is 0 Å². The van der Waals surface area contributed by atoms with Gasteiger partial charge in [0.1, 0.15) is 5.75 Å². The third-order valence-electron chi connectivity index (χ3n) is 2.38. The van der Waals surface area contributed by atoms with E-state index in [2.05, 4.69) is 0 Å². The molecule has 0 aliphatic rings. The summed E-state index contributed by atoms with van der Waals surface area (Å²) in [5.41, 5.74) is 1.36. The van der Waals surface area contributed by atoms with Crippen LogP contribution in [0.4, 0.5) is 4.79 Å². The fraction of sp³-hybridized carbons (Fsp3) is 0.429. The minimum Gasteiger partial charge on any atom is -0.466 e. The molecule has 0 saturated heterocycles. The average Bonchev–Trinajstić information content (AvgIpc) is 2.34. The van der Waals surface area contributed by atoms with E-state index in [0.717, 1.165) is 5.56 Å². The van der Waals surface area contributed by atoms with Crippen LogP contribution in [0, 0.1) is 6.92 Å². The molecule has 0 aromatic heterocycles. The molecular weight excluding hydrogens is 248 g/mol. The minimum atomic E-state index is -0.776. The smallest absolute Gasteiger partial charge is 0.466 e. The predicted molar refractivity (Wildman–Crippen MR) is 69.2 cm³/mol. The molecule has 5 nitrogen and oxygen atoms in total. The monoisotopic (exact) mass is 266 g/mol. The van der Waals surface area contributed by atoms with Crippen LogP contribution in [-0.4, -0.2) is 25.3 Å². The van der Waals surface area contributed by atoms with E-state index in [-0.39, 0.29) is 19.0 Å². The van der Waals surface area contributed by atoms with Crippen molar-refractivity contribution >= 4 is 12.1 Å². The van der Waals surface area contributed by atoms with E-state index in [1.165, 1.54) is 0 Å². The molecule has 0 heterocycles. The van der Waals surface area contributed by atoms with Gasteiger partial charge >= 0.3 is 12.1 Å². The van der Waals surface area contributed by atoms with Crippen molar-refractivity contribution in [2.24, 2.45) is 0 Å². The van der Waals surface area contributed by atoms with Crippen LogP contribution in [0.1, 0.15) is 25.0 Å². The molecule has 0 N–H and O–H groups in total. The Morgan fingerprint density at radius 3 is 2.42 bits per heavy atom. The first-order valence-electron chi connectivity index (χ1n) is 6.17. The first kappa shape index (κ1) is 15.0. The van der Waals surface area contributed by atoms with Crippen LogP contribution in [0.25, 0.3) is 0 Å². The standard InChI is InChI=1S/C14H18O5/c1-4-17-12(15)9-11-8-6-7-10(3)13(11)19-14(16)18-5-2/h6-8H,4-5,9H2,1-3H3. The molecule has 0 spiro atoms. The van der Waals surface area contributed by atoms with E-state index in [1.807, 2.05) is 0 Å². The third-order valence-corrected chi connectivity index (χ3v) is 2.38. The second-order valence-corrected chi connectivity index (χ2v) is 3.83. The quantitative estimate of drug-likeness (QED) is 0.605. The predicted octanol–water partition coefficient (Wildman–Crippen LogP) is 2.64. The highest BCUT2D eigenvalue weighted by Gasteiger charge is 2.15. The minimum absolute atomic E-state index is 0.0598. The van der Waals surface area contributed by atoms with E-state index in [0.29, 0.717) is 17.9 Å². The van der Waals surface area contributed by atoms with E-state index in [4.69, 9.17) is 14.2 Å². The van der Waals surface area contributed by atoms with Crippen molar-refractivity contribution in [2.75, 3.05) is 13.2 Å². The van der Waals surface area contributed by atoms with Crippen LogP contribution in [0.3, 0.4) is 0 Å². The molecule has 0 unspecified atom stereocenters. The lowest BCUT2D eigenvalue weighted by Crippen LogP contribution is -2.14. The molecule has 19 heavy (non-hydrogen) atoms. The summed E-state index contributed by atoms with van der Waals surface area (Å²) in [6.45, 7) is 5.78. The summed E-state index contributed by atoms with van der Waals surface area (Å²) in [6, 6.07) is 5.31. The number of ether oxygens (including phenoxy) is 3. The van der Waals surface area contributed by atoms with Crippen molar-refractivity contribution in [3.63, 3.8) is 0 Å². The van der Waals surface area contributed by atoms with Gasteiger partial charge in [0.25, 0.3) is 0 Å². The molecule has 1 aromatic rings. The van der Waals surface area contributed by atoms with Crippen molar-refractivity contribution in [1.29, 1.82) is 0 Å². The van der Waals surface area contributed by atoms with Crippen molar-refractivity contribution in [1.82, 2.24) is 0 Å². The van der Waals surface area contributed by atoms with Crippen LogP contribution in [0.2, 0.25) is 0 Å². The SMILES string of the molecule is CCOC(=O)Cc1cccc(C)c1OC(=O)OCC. The van der Waals surface area contributed by atoms with Gasteiger partial charge in [-0.1, -0.05) is 18.2 Å². The zero-order valence-electron chi connectivity index (χ0n) is 11.4. The molecule has 0 atom stereocenters. The van der Waals surface area contributed by atoms with E-state index in [9.17, 15) is 9.59 Å². The molecule has 0 amide bonds. The van der Waals surface area contributed by atoms with Crippen molar-refractivity contribution < 1.29 is 23.8 Å². The molecule has 0 aliphatic carbocycles. The van der Waals surface area contributed by atoms with Gasteiger partial charge in [-0.25, -0.2) is 4.79 Å². The zero-order valence-corrected chi connectivity index (χ0v) is 11.4. The van der Waals surface area contributed by atoms with Gasteiger partial charge < -0.3 is 14.2 Å². The Balaban J connectivity index is 2.88. The summed E-state index contributed by atoms with van der Waals surface area (Å²) in [6.07, 6.45) is -0.716. The maximum Gasteiger partial charge on any atom is 0.513 e. The zero-order chi connectivity index (χ0) is 14.3. The largest absolute Gasteiger partial charge is 0.513 e. The lowest BCUT2D eigenvalue weighted by molar-refractivity contribution is -0.142. The molecule has 0 radical (unpaired) electrons. The number of hydrogen-bond acceptors (Lipinski definition) is 5. The summed E-state index contributed by atoms with van der Waals surface area (Å²) >= 11 is 0. The highest BCUT2D eigenvalue weighted by molar-refractivity contribution is 5.75. The van der Waals surface area contributed by atoms with Gasteiger partial charge in [-0.3, -0.25) is 4.79 Å². The normalized spacial score (nSPS) is 9.84. The molecule has 1 aromatic carbocycles. The Morgan fingerprint density at radius 2 is 1.79 bits per heavy atom. The van der Waals surface area contributed by atoms with Gasteiger partial charge in [-0.2, -0.15) is 0 Å². The fourth-order valence-corrected chi connectivity index (χ4v) is 1.60. The lowest BCUT2D eigenvalue weighted by atomic mass is 10.1. The van der Waals surface area contributed by atoms with Crippen molar-refractivity contribution in [3.05, 3.63) is 29.3 Å². The van der Waals surface area contributed by atoms with Gasteiger partial charge in [-0.15, -0.1) is 0 Å². The highest BCUT2D eigenvalue weighted by Crippen LogP contribution is 2.24. The Hall–Kier alpha value is -2.04. The van der Waals surface area contributed by atoms with E-state index >= 15 is 0 Å². The Bertz CT molecular complexity index is 453. The van der Waals surface area contributed by atoms with Gasteiger partial charge in [-0.05, 0) is 26.3 Å². The second kappa shape index (κ2) is 7.41. The molecule has 104 valence electrons. The first-order chi connectivity index (χ1) is 9.08. The number of rotatable bonds is 5. The Labute approximate surface area is 112 Å². The number of carbonyl (C=O) groups is 2. The molecule has 0 bridgehead atoms. The number of hydrogen-bond donors (Lipinski definition) is 0. The van der Waals surface area contributed by atoms with Crippen LogP contribution in [-0.2, 0) is 20.7 Å². The second-order valence-electron chi connectivity index (χ2n) is 3.83. The van der Waals surface area contributed by atoms with Gasteiger partial charge in [0.05, 0.1) is 19.6 Å². The number of aryl methyl sites for hydroxylation is 1. The number of benzene rings is 1. The van der Waals surface area contributed by atoms with Crippen LogP contribution < -0.4 is 4.74 Å². The number of esters is 1. The Kier molecular flexibility index (Phi) is 5.85. The van der Waals surface area contributed by atoms with Crippen molar-refractivity contribution in [3.8, 4) is 5.75 Å². The molecule has 0 saturated carbocycles. The van der Waals surface area contributed by atoms with E-state index in [1.54, 1.807) is 39.0 Å². The average molecular weight is 266 g/mol. The van der Waals surface area contributed by atoms with Crippen LogP contribution >= 0.6 is 0 Å². The topological polar surface area (TPSA) is 61.8 Å². The summed E-state index contributed by atoms with van der Waals surface area (Å²) < 4.78 is 14.7. The van der Waals surface area contributed by atoms with Crippen LogP contribution in [0.5, 0.6) is 5.75 Å². The van der Waals surface area contributed by atoms with Gasteiger partial charge in [0.15, 0.2) is 0 Å². The summed E-state index contributed by atoms with van der Waals surface area (Å²) in [4.78, 5) is 22.9. The summed E-state index contributed by atoms with van der Waals surface area (Å²) in [5, 5.41) is 0. The molecular formula is C14H18O5. The van der Waals surface area contributed by atoms with Crippen LogP contribution in [0.15, 0.2) is 18.2 Å². The van der Waals surface area contributed by atoms with Gasteiger partial charge in [0, 0.05) is 5.56 Å². The fourth-order valence-electron chi connectivity index (χ4n) is 1.60. The maximum absolute atomic E-state index is 11.5. The number of para-hydroxylation sites is 1. The lowest BCUT2D eigenvalue weighted by Gasteiger charge is -2.12. The first-order valence-corrected chi connectivity index (χ1v) is 6.17. The maximum atomic E-state index is 11.5. The molecule has 1 rings (SSSR count). The molecule has 0 aliphatic heterocycles. The third kappa shape index (κ3) is 4.62. The van der Waals surface area contributed by atoms with E-state index < -0.39 is 6.16 Å². The highest BCUT2D eigenvalue weighted by atomic mass is 16.7. The molecule has 5 heteroatoms. The summed E-state index contributed by atoms with van der Waals surface area (Å²) in [7, 11) is 0. The molecule has 0 fully saturated rings. The Morgan fingerprint density at radius 1 is 1.11 bits per heavy atom. The summed E-state index contributed by atoms with van der Waals surface area (Å²) in [5.74, 6) is -0.00388. The number of carbonyl (C=O) groups excluding carboxylic acids is 2.